The van der Waals surface area contributed by atoms with Gasteiger partial charge in [0.15, 0.2) is 0 Å². The molecule has 0 aromatic heterocycles. The first-order valence-electron chi connectivity index (χ1n) is 11.8. The van der Waals surface area contributed by atoms with Gasteiger partial charge in [-0.15, -0.1) is 0 Å². The third-order valence-corrected chi connectivity index (χ3v) is 8.18. The lowest BCUT2D eigenvalue weighted by Gasteiger charge is -2.31. The van der Waals surface area contributed by atoms with Gasteiger partial charge < -0.3 is 14.7 Å². The Hall–Kier alpha value is -0.730. The van der Waals surface area contributed by atoms with Crippen LogP contribution in [0.5, 0.6) is 0 Å². The Morgan fingerprint density at radius 1 is 1.25 bits per heavy atom. The van der Waals surface area contributed by atoms with E-state index in [1.807, 2.05) is 28.7 Å². The van der Waals surface area contributed by atoms with E-state index in [4.69, 9.17) is 0 Å². The van der Waals surface area contributed by atoms with Crippen LogP contribution in [0.25, 0.3) is 0 Å². The first-order valence-corrected chi connectivity index (χ1v) is 14.3. The largest absolute Gasteiger partial charge is 0.465 e. The zero-order valence-corrected chi connectivity index (χ0v) is 22.1. The summed E-state index contributed by atoms with van der Waals surface area (Å²) in [5, 5.41) is 11.1. The molecule has 1 aromatic carbocycles. The summed E-state index contributed by atoms with van der Waals surface area (Å²) in [7, 11) is 5.88. The predicted molar refractivity (Wildman–Crippen MR) is 138 cm³/mol. The third-order valence-electron chi connectivity index (χ3n) is 6.43. The molecule has 32 heavy (non-hydrogen) atoms. The molecule has 5 nitrogen and oxygen atoms in total. The van der Waals surface area contributed by atoms with E-state index in [-0.39, 0.29) is 6.10 Å². The first-order chi connectivity index (χ1) is 15.2. The number of carbonyl (C=O) groups is 1. The highest BCUT2D eigenvalue weighted by Crippen LogP contribution is 2.34. The van der Waals surface area contributed by atoms with Crippen LogP contribution in [0.15, 0.2) is 18.2 Å². The molecule has 1 fully saturated rings. The lowest BCUT2D eigenvalue weighted by Crippen LogP contribution is -2.30. The van der Waals surface area contributed by atoms with Gasteiger partial charge in [-0.2, -0.15) is 0 Å². The van der Waals surface area contributed by atoms with Gasteiger partial charge in [0.1, 0.15) is 0 Å². The molecular weight excluding hydrogens is 440 g/mol. The maximum Gasteiger partial charge on any atom is 0.293 e. The van der Waals surface area contributed by atoms with Gasteiger partial charge in [-0.25, -0.2) is 4.31 Å². The minimum absolute atomic E-state index is 0.0301. The van der Waals surface area contributed by atoms with Crippen LogP contribution in [0.3, 0.4) is 0 Å². The van der Waals surface area contributed by atoms with Gasteiger partial charge in [0.05, 0.1) is 11.7 Å². The molecule has 0 spiro atoms. The molecule has 1 saturated heterocycles. The second-order valence-corrected chi connectivity index (χ2v) is 12.0. The Balaban J connectivity index is 0.000000534. The highest BCUT2D eigenvalue weighted by molar-refractivity contribution is 8.75. The van der Waals surface area contributed by atoms with Gasteiger partial charge in [-0.1, -0.05) is 35.4 Å². The monoisotopic (exact) mass is 482 g/mol. The number of likely N-dealkylation sites (tertiary alicyclic amines) is 1. The molecule has 1 N–H and O–H groups in total. The smallest absolute Gasteiger partial charge is 0.293 e. The summed E-state index contributed by atoms with van der Waals surface area (Å²) in [6, 6.07) is 6.66. The summed E-state index contributed by atoms with van der Waals surface area (Å²) < 4.78 is 6.78. The molecular formula is C25H42N2O3S2. The van der Waals surface area contributed by atoms with Crippen LogP contribution < -0.4 is 0 Å². The van der Waals surface area contributed by atoms with Crippen LogP contribution in [-0.4, -0.2) is 59.8 Å². The summed E-state index contributed by atoms with van der Waals surface area (Å²) in [6.07, 6.45) is 9.14. The molecule has 3 rings (SSSR count). The van der Waals surface area contributed by atoms with Crippen molar-refractivity contribution in [2.24, 2.45) is 5.92 Å². The van der Waals surface area contributed by atoms with Crippen LogP contribution in [0.4, 0.5) is 0 Å². The predicted octanol–water partition coefficient (Wildman–Crippen LogP) is 5.26. The molecule has 0 saturated carbocycles. The molecule has 0 aliphatic carbocycles. The number of hydrogen-bond donors (Lipinski definition) is 1. The van der Waals surface area contributed by atoms with Gasteiger partial charge in [-0.05, 0) is 113 Å². The number of fused-ring (bicyclic) bond motifs is 1. The zero-order valence-electron chi connectivity index (χ0n) is 20.5. The molecule has 1 unspecified atom stereocenters. The maximum absolute atomic E-state index is 11.1. The molecule has 2 heterocycles. The summed E-state index contributed by atoms with van der Waals surface area (Å²) in [4.78, 5) is 11.8. The van der Waals surface area contributed by atoms with Crippen LogP contribution in [0.2, 0.25) is 0 Å². The van der Waals surface area contributed by atoms with E-state index < -0.39 is 5.60 Å². The van der Waals surface area contributed by atoms with Crippen molar-refractivity contribution in [3.63, 3.8) is 0 Å². The number of ether oxygens (including phenoxy) is 1. The molecule has 0 amide bonds. The van der Waals surface area contributed by atoms with Crippen molar-refractivity contribution >= 4 is 28.2 Å². The average Bonchev–Trinajstić information content (AvgIpc) is 2.75. The normalized spacial score (nSPS) is 19.6. The summed E-state index contributed by atoms with van der Waals surface area (Å²) >= 11 is 0. The van der Waals surface area contributed by atoms with E-state index in [2.05, 4.69) is 45.4 Å². The Morgan fingerprint density at radius 3 is 2.56 bits per heavy atom. The fraction of sp³-hybridized carbons (Fsp3) is 0.720. The number of benzene rings is 1. The maximum atomic E-state index is 11.1. The van der Waals surface area contributed by atoms with Gasteiger partial charge in [0.25, 0.3) is 6.47 Å². The lowest BCUT2D eigenvalue weighted by molar-refractivity contribution is -0.131. The van der Waals surface area contributed by atoms with E-state index in [0.717, 1.165) is 43.8 Å². The van der Waals surface area contributed by atoms with Crippen molar-refractivity contribution < 1.29 is 14.6 Å². The van der Waals surface area contributed by atoms with Crippen molar-refractivity contribution in [1.82, 2.24) is 9.21 Å². The van der Waals surface area contributed by atoms with E-state index in [0.29, 0.717) is 6.47 Å². The third kappa shape index (κ3) is 9.26. The van der Waals surface area contributed by atoms with Crippen LogP contribution in [-0.2, 0) is 28.1 Å². The molecule has 182 valence electrons. The van der Waals surface area contributed by atoms with Crippen molar-refractivity contribution in [3.05, 3.63) is 34.9 Å². The van der Waals surface area contributed by atoms with Gasteiger partial charge in [0, 0.05) is 13.1 Å². The van der Waals surface area contributed by atoms with E-state index in [9.17, 15) is 9.90 Å². The molecule has 0 radical (unpaired) electrons. The zero-order chi connectivity index (χ0) is 23.6. The Bertz CT molecular complexity index is 692. The van der Waals surface area contributed by atoms with Crippen molar-refractivity contribution in [2.45, 2.75) is 77.5 Å². The van der Waals surface area contributed by atoms with E-state index in [1.165, 1.54) is 43.5 Å². The van der Waals surface area contributed by atoms with E-state index in [1.54, 1.807) is 13.8 Å². The quantitative estimate of drug-likeness (QED) is 0.293. The Kier molecular flexibility index (Phi) is 11.9. The second kappa shape index (κ2) is 13.9. The minimum Gasteiger partial charge on any atom is -0.465 e. The summed E-state index contributed by atoms with van der Waals surface area (Å²) in [5.74, 6) is 0.852. The average molecular weight is 483 g/mol. The summed E-state index contributed by atoms with van der Waals surface area (Å²) in [5.41, 5.74) is 3.25. The number of piperidine rings is 1. The Labute approximate surface area is 203 Å². The van der Waals surface area contributed by atoms with Crippen LogP contribution in [0.1, 0.15) is 69.6 Å². The highest BCUT2D eigenvalue weighted by Gasteiger charge is 2.26. The number of carbonyl (C=O) groups excluding carboxylic acids is 1. The van der Waals surface area contributed by atoms with Crippen molar-refractivity contribution in [2.75, 3.05) is 32.9 Å². The molecule has 2 aliphatic heterocycles. The van der Waals surface area contributed by atoms with Crippen molar-refractivity contribution in [3.8, 4) is 0 Å². The number of rotatable bonds is 9. The highest BCUT2D eigenvalue weighted by atomic mass is 33.1. The molecule has 1 aromatic rings. The molecule has 7 heteroatoms. The SMILES string of the molecule is CC(C)OC=O.CSSN1CCc2cc(C(C)(O)CCCC3CCN(C)CC3)ccc2C1. The Morgan fingerprint density at radius 2 is 1.97 bits per heavy atom. The van der Waals surface area contributed by atoms with Crippen LogP contribution in [0, 0.1) is 5.92 Å². The first kappa shape index (κ1) is 27.5. The van der Waals surface area contributed by atoms with Crippen LogP contribution >= 0.6 is 21.8 Å². The number of hydrogen-bond acceptors (Lipinski definition) is 7. The fourth-order valence-corrected chi connectivity index (χ4v) is 5.95. The summed E-state index contributed by atoms with van der Waals surface area (Å²) in [6.45, 7) is 10.6. The lowest BCUT2D eigenvalue weighted by atomic mass is 9.84. The molecule has 0 bridgehead atoms. The van der Waals surface area contributed by atoms with Crippen molar-refractivity contribution in [1.29, 1.82) is 0 Å². The molecule has 1 atom stereocenters. The second-order valence-electron chi connectivity index (χ2n) is 9.53. The fourth-order valence-electron chi connectivity index (χ4n) is 4.37. The minimum atomic E-state index is -0.703. The van der Waals surface area contributed by atoms with Gasteiger partial charge in [-0.3, -0.25) is 4.79 Å². The number of nitrogens with zero attached hydrogens (tertiary/aromatic N) is 2. The number of aliphatic hydroxyl groups is 1. The topological polar surface area (TPSA) is 53.0 Å². The van der Waals surface area contributed by atoms with Gasteiger partial charge >= 0.3 is 0 Å². The molecule has 2 aliphatic rings. The van der Waals surface area contributed by atoms with E-state index >= 15 is 0 Å². The van der Waals surface area contributed by atoms with Gasteiger partial charge in [0.2, 0.25) is 0 Å². The standard InChI is InChI=1S/C21H34N2OS2.C4H8O2/c1-21(24,11-4-5-17-8-12-22(2)13-9-17)20-7-6-19-16-23(26-25-3)14-10-18(19)15-20;1-4(2)6-3-5/h6-7,15,17,24H,4-5,8-14,16H2,1-3H3;3-4H,1-2H3.